The van der Waals surface area contributed by atoms with E-state index >= 15 is 0 Å². The average molecular weight is 445 g/mol. The zero-order chi connectivity index (χ0) is 22.3. The number of hydrogen-bond acceptors (Lipinski definition) is 8. The minimum absolute atomic E-state index is 0.251. The Morgan fingerprint density at radius 1 is 1.06 bits per heavy atom. The number of anilines is 3. The van der Waals surface area contributed by atoms with E-state index in [1.165, 1.54) is 44.2 Å². The summed E-state index contributed by atoms with van der Waals surface area (Å²) in [7, 11) is 0. The van der Waals surface area contributed by atoms with Gasteiger partial charge in [0.05, 0.1) is 0 Å². The molecule has 3 N–H and O–H groups in total. The number of likely N-dealkylation sites (tertiary alicyclic amines) is 1. The molecule has 1 saturated carbocycles. The second-order valence-electron chi connectivity index (χ2n) is 8.62. The van der Waals surface area contributed by atoms with Crippen molar-refractivity contribution in [3.05, 3.63) is 24.0 Å². The van der Waals surface area contributed by atoms with Crippen LogP contribution in [0.25, 0.3) is 0 Å². The summed E-state index contributed by atoms with van der Waals surface area (Å²) in [5, 5.41) is 15.9. The molecule has 1 atom stereocenters. The Hall–Kier alpha value is -2.68. The van der Waals surface area contributed by atoms with Crippen LogP contribution < -0.4 is 15.4 Å². The number of hydrogen-bond donors (Lipinski definition) is 3. The summed E-state index contributed by atoms with van der Waals surface area (Å²) in [5.41, 5.74) is 0.436. The maximum atomic E-state index is 13.8. The van der Waals surface area contributed by atoms with Gasteiger partial charge < -0.3 is 20.5 Å². The minimum Gasteiger partial charge on any atom is -0.505 e. The number of rotatable bonds is 8. The lowest BCUT2D eigenvalue weighted by atomic mass is 10.1. The monoisotopic (exact) mass is 444 g/mol. The first-order chi connectivity index (χ1) is 15.6. The number of halogens is 1. The fraction of sp³-hybridized carbons (Fsp3) is 0.609. The molecule has 0 bridgehead atoms. The van der Waals surface area contributed by atoms with E-state index in [1.807, 2.05) is 0 Å². The highest BCUT2D eigenvalue weighted by molar-refractivity contribution is 5.56. The Bertz CT molecular complexity index is 891. The average Bonchev–Trinajstić information content (AvgIpc) is 3.09. The van der Waals surface area contributed by atoms with Crippen LogP contribution in [0, 0.1) is 5.82 Å². The van der Waals surface area contributed by atoms with E-state index in [2.05, 4.69) is 37.4 Å². The molecule has 0 radical (unpaired) electrons. The van der Waals surface area contributed by atoms with Crippen LogP contribution in [-0.4, -0.2) is 56.7 Å². The zero-order valence-corrected chi connectivity index (χ0v) is 18.7. The number of nitrogens with one attached hydrogen (secondary N) is 2. The molecule has 4 rings (SSSR count). The van der Waals surface area contributed by atoms with E-state index in [9.17, 15) is 9.50 Å². The number of nitrogens with zero attached hydrogens (tertiary/aromatic N) is 4. The van der Waals surface area contributed by atoms with Crippen molar-refractivity contribution < 1.29 is 14.2 Å². The molecule has 2 aliphatic rings. The van der Waals surface area contributed by atoms with E-state index in [4.69, 9.17) is 4.74 Å². The molecule has 1 saturated heterocycles. The van der Waals surface area contributed by atoms with Crippen LogP contribution in [0.4, 0.5) is 22.0 Å². The van der Waals surface area contributed by atoms with Crippen molar-refractivity contribution in [2.45, 2.75) is 70.4 Å². The van der Waals surface area contributed by atoms with Crippen LogP contribution in [0.5, 0.6) is 11.8 Å². The third-order valence-electron chi connectivity index (χ3n) is 6.32. The molecule has 8 nitrogen and oxygen atoms in total. The third-order valence-corrected chi connectivity index (χ3v) is 6.32. The number of ether oxygens (including phenoxy) is 1. The van der Waals surface area contributed by atoms with Gasteiger partial charge in [0.2, 0.25) is 11.9 Å². The lowest BCUT2D eigenvalue weighted by molar-refractivity contribution is 0.170. The van der Waals surface area contributed by atoms with Crippen LogP contribution in [-0.2, 0) is 0 Å². The summed E-state index contributed by atoms with van der Waals surface area (Å²) in [6.45, 7) is 4.78. The normalized spacial score (nSPS) is 20.1. The number of benzene rings is 1. The van der Waals surface area contributed by atoms with Crippen molar-refractivity contribution in [2.24, 2.45) is 0 Å². The second kappa shape index (κ2) is 10.8. The van der Waals surface area contributed by atoms with Crippen LogP contribution in [0.3, 0.4) is 0 Å². The van der Waals surface area contributed by atoms with Crippen LogP contribution >= 0.6 is 0 Å². The molecule has 2 fully saturated rings. The summed E-state index contributed by atoms with van der Waals surface area (Å²) >= 11 is 0. The summed E-state index contributed by atoms with van der Waals surface area (Å²) < 4.78 is 19.8. The number of phenols is 1. The highest BCUT2D eigenvalue weighted by Crippen LogP contribution is 2.25. The predicted octanol–water partition coefficient (Wildman–Crippen LogP) is 4.46. The Balaban J connectivity index is 1.51. The van der Waals surface area contributed by atoms with Crippen molar-refractivity contribution in [3.8, 4) is 11.8 Å². The molecular formula is C23H33FN6O2. The number of phenolic OH excluding ortho intramolecular Hbond substituents is 1. The first-order valence-electron chi connectivity index (χ1n) is 11.8. The number of likely N-dealkylation sites (N-methyl/N-ethyl adjacent to an activating group) is 1. The van der Waals surface area contributed by atoms with Gasteiger partial charge in [0.25, 0.3) is 0 Å². The predicted molar refractivity (Wildman–Crippen MR) is 122 cm³/mol. The molecule has 0 amide bonds. The maximum absolute atomic E-state index is 13.8. The quantitative estimate of drug-likeness (QED) is 0.406. The highest BCUT2D eigenvalue weighted by Gasteiger charge is 2.24. The Labute approximate surface area is 188 Å². The fourth-order valence-electron chi connectivity index (χ4n) is 4.53. The van der Waals surface area contributed by atoms with Gasteiger partial charge in [0, 0.05) is 23.8 Å². The van der Waals surface area contributed by atoms with Crippen molar-refractivity contribution >= 4 is 17.6 Å². The van der Waals surface area contributed by atoms with E-state index in [0.717, 1.165) is 32.4 Å². The summed E-state index contributed by atoms with van der Waals surface area (Å²) in [4.78, 5) is 15.8. The molecule has 2 heterocycles. The van der Waals surface area contributed by atoms with Crippen LogP contribution in [0.2, 0.25) is 0 Å². The van der Waals surface area contributed by atoms with Gasteiger partial charge in [-0.05, 0) is 50.9 Å². The molecule has 2 aromatic rings. The van der Waals surface area contributed by atoms with Gasteiger partial charge in [-0.3, -0.25) is 4.90 Å². The van der Waals surface area contributed by atoms with E-state index in [0.29, 0.717) is 30.3 Å². The van der Waals surface area contributed by atoms with Crippen LogP contribution in [0.15, 0.2) is 18.2 Å². The zero-order valence-electron chi connectivity index (χ0n) is 18.7. The standard InChI is InChI=1S/C23H33FN6O2/c1-2-30-13-7-10-18(30)15-32-23-28-21(25-16-8-5-3-4-6-9-16)27-22(29-23)26-17-11-12-20(31)19(24)14-17/h11-12,14,16,18,31H,2-10,13,15H2,1H3,(H2,25,26,27,28,29). The first-order valence-corrected chi connectivity index (χ1v) is 11.8. The van der Waals surface area contributed by atoms with Crippen molar-refractivity contribution in [2.75, 3.05) is 30.3 Å². The maximum Gasteiger partial charge on any atom is 0.323 e. The summed E-state index contributed by atoms with van der Waals surface area (Å²) in [5.74, 6) is -0.376. The molecule has 1 aliphatic heterocycles. The molecule has 32 heavy (non-hydrogen) atoms. The Kier molecular flexibility index (Phi) is 7.57. The van der Waals surface area contributed by atoms with Crippen LogP contribution in [0.1, 0.15) is 58.3 Å². The smallest absolute Gasteiger partial charge is 0.323 e. The van der Waals surface area contributed by atoms with Gasteiger partial charge in [-0.2, -0.15) is 15.0 Å². The molecule has 174 valence electrons. The minimum atomic E-state index is -0.710. The second-order valence-corrected chi connectivity index (χ2v) is 8.62. The number of aromatic hydroxyl groups is 1. The molecule has 9 heteroatoms. The van der Waals surface area contributed by atoms with Gasteiger partial charge in [-0.1, -0.05) is 32.6 Å². The van der Waals surface area contributed by atoms with Crippen molar-refractivity contribution in [1.82, 2.24) is 19.9 Å². The largest absolute Gasteiger partial charge is 0.505 e. The summed E-state index contributed by atoms with van der Waals surface area (Å²) in [6, 6.07) is 4.99. The molecule has 0 spiro atoms. The molecule has 1 aromatic carbocycles. The van der Waals surface area contributed by atoms with Gasteiger partial charge in [-0.15, -0.1) is 0 Å². The Morgan fingerprint density at radius 3 is 2.59 bits per heavy atom. The van der Waals surface area contributed by atoms with E-state index < -0.39 is 11.6 Å². The molecular weight excluding hydrogens is 411 g/mol. The van der Waals surface area contributed by atoms with Gasteiger partial charge in [0.1, 0.15) is 6.61 Å². The number of aromatic nitrogens is 3. The van der Waals surface area contributed by atoms with Crippen molar-refractivity contribution in [1.29, 1.82) is 0 Å². The molecule has 1 aromatic heterocycles. The third kappa shape index (κ3) is 5.97. The first kappa shape index (κ1) is 22.5. The highest BCUT2D eigenvalue weighted by atomic mass is 19.1. The van der Waals surface area contributed by atoms with Gasteiger partial charge in [0.15, 0.2) is 11.6 Å². The lowest BCUT2D eigenvalue weighted by Crippen LogP contribution is -2.34. The Morgan fingerprint density at radius 2 is 1.84 bits per heavy atom. The van der Waals surface area contributed by atoms with E-state index in [1.54, 1.807) is 6.07 Å². The topological polar surface area (TPSA) is 95.4 Å². The van der Waals surface area contributed by atoms with Crippen molar-refractivity contribution in [3.63, 3.8) is 0 Å². The summed E-state index contributed by atoms with van der Waals surface area (Å²) in [6.07, 6.45) is 9.35. The fourth-order valence-corrected chi connectivity index (χ4v) is 4.53. The molecule has 1 aliphatic carbocycles. The SMILES string of the molecule is CCN1CCCC1COc1nc(Nc2ccc(O)c(F)c2)nc(NC2CCCCCC2)n1. The van der Waals surface area contributed by atoms with E-state index in [-0.39, 0.29) is 12.0 Å². The van der Waals surface area contributed by atoms with Gasteiger partial charge >= 0.3 is 6.01 Å². The molecule has 1 unspecified atom stereocenters. The van der Waals surface area contributed by atoms with Gasteiger partial charge in [-0.25, -0.2) is 4.39 Å². The lowest BCUT2D eigenvalue weighted by Gasteiger charge is -2.22.